The van der Waals surface area contributed by atoms with Crippen LogP contribution in [0.25, 0.3) is 0 Å². The molecule has 0 aromatic heterocycles. The average molecular weight is 227 g/mol. The third kappa shape index (κ3) is 2.09. The summed E-state index contributed by atoms with van der Waals surface area (Å²) in [5.41, 5.74) is -0.569. The van der Waals surface area contributed by atoms with E-state index in [0.29, 0.717) is 12.6 Å². The lowest BCUT2D eigenvalue weighted by atomic mass is 9.81. The molecule has 2 rings (SSSR count). The Kier molecular flexibility index (Phi) is 3.22. The van der Waals surface area contributed by atoms with Crippen molar-refractivity contribution >= 4 is 5.97 Å². The number of piperidine rings is 1. The minimum absolute atomic E-state index is 0.246. The lowest BCUT2D eigenvalue weighted by molar-refractivity contribution is -0.152. The molecule has 2 heterocycles. The fraction of sp³-hybridized carbons (Fsp3) is 0.917. The Hall–Kier alpha value is -0.610. The number of carbonyl (C=O) groups is 1. The van der Waals surface area contributed by atoms with E-state index in [1.807, 2.05) is 6.92 Å². The van der Waals surface area contributed by atoms with Crippen LogP contribution in [0.15, 0.2) is 0 Å². The highest BCUT2D eigenvalue weighted by Gasteiger charge is 2.41. The molecule has 2 aliphatic heterocycles. The van der Waals surface area contributed by atoms with Gasteiger partial charge in [0.2, 0.25) is 0 Å². The van der Waals surface area contributed by atoms with Gasteiger partial charge in [-0.1, -0.05) is 0 Å². The van der Waals surface area contributed by atoms with E-state index in [-0.39, 0.29) is 6.10 Å². The summed E-state index contributed by atoms with van der Waals surface area (Å²) in [6.07, 6.45) is 3.06. The predicted molar refractivity (Wildman–Crippen MR) is 60.4 cm³/mol. The molecule has 0 saturated carbocycles. The van der Waals surface area contributed by atoms with Crippen LogP contribution in [0.5, 0.6) is 0 Å². The summed E-state index contributed by atoms with van der Waals surface area (Å²) < 4.78 is 5.56. The Labute approximate surface area is 96.6 Å². The average Bonchev–Trinajstić information content (AvgIpc) is 2.64. The van der Waals surface area contributed by atoms with Gasteiger partial charge in [0.1, 0.15) is 0 Å². The van der Waals surface area contributed by atoms with Crippen LogP contribution < -0.4 is 0 Å². The predicted octanol–water partition coefficient (Wildman–Crippen LogP) is 1.35. The summed E-state index contributed by atoms with van der Waals surface area (Å²) >= 11 is 0. The molecule has 0 aromatic carbocycles. The zero-order valence-electron chi connectivity index (χ0n) is 10.1. The summed E-state index contributed by atoms with van der Waals surface area (Å²) in [7, 11) is 0. The fourth-order valence-corrected chi connectivity index (χ4v) is 2.94. The smallest absolute Gasteiger partial charge is 0.310 e. The molecule has 0 radical (unpaired) electrons. The summed E-state index contributed by atoms with van der Waals surface area (Å²) in [5, 5.41) is 9.27. The maximum absolute atomic E-state index is 11.3. The maximum atomic E-state index is 11.3. The molecular formula is C12H21NO3. The molecule has 3 unspecified atom stereocenters. The van der Waals surface area contributed by atoms with Crippen LogP contribution in [0.4, 0.5) is 0 Å². The van der Waals surface area contributed by atoms with Crippen molar-refractivity contribution in [3.05, 3.63) is 0 Å². The third-order valence-corrected chi connectivity index (χ3v) is 4.05. The highest BCUT2D eigenvalue weighted by atomic mass is 16.5. The van der Waals surface area contributed by atoms with Gasteiger partial charge in [0.25, 0.3) is 0 Å². The van der Waals surface area contributed by atoms with Crippen LogP contribution in [-0.2, 0) is 9.53 Å². The molecule has 1 N–H and O–H groups in total. The van der Waals surface area contributed by atoms with Crippen molar-refractivity contribution in [1.29, 1.82) is 0 Å². The van der Waals surface area contributed by atoms with Crippen LogP contribution in [0, 0.1) is 5.41 Å². The molecule has 0 spiro atoms. The molecule has 92 valence electrons. The number of carboxylic acid groups (broad SMARTS) is 1. The van der Waals surface area contributed by atoms with Gasteiger partial charge in [0.15, 0.2) is 0 Å². The highest BCUT2D eigenvalue weighted by molar-refractivity contribution is 5.74. The van der Waals surface area contributed by atoms with Crippen LogP contribution >= 0.6 is 0 Å². The Morgan fingerprint density at radius 2 is 2.31 bits per heavy atom. The molecule has 4 heteroatoms. The molecule has 0 aliphatic carbocycles. The van der Waals surface area contributed by atoms with E-state index >= 15 is 0 Å². The Morgan fingerprint density at radius 1 is 1.56 bits per heavy atom. The zero-order valence-corrected chi connectivity index (χ0v) is 10.1. The minimum Gasteiger partial charge on any atom is -0.481 e. The zero-order chi connectivity index (χ0) is 11.8. The van der Waals surface area contributed by atoms with Gasteiger partial charge in [-0.25, -0.2) is 0 Å². The Morgan fingerprint density at radius 3 is 2.88 bits per heavy atom. The molecule has 2 aliphatic rings. The molecule has 2 fully saturated rings. The van der Waals surface area contributed by atoms with Gasteiger partial charge < -0.3 is 9.84 Å². The second-order valence-corrected chi connectivity index (χ2v) is 5.37. The van der Waals surface area contributed by atoms with Crippen molar-refractivity contribution in [1.82, 2.24) is 4.90 Å². The van der Waals surface area contributed by atoms with Crippen molar-refractivity contribution in [2.45, 2.75) is 45.3 Å². The monoisotopic (exact) mass is 227 g/mol. The summed E-state index contributed by atoms with van der Waals surface area (Å²) in [6, 6.07) is 0.416. The number of nitrogens with zero attached hydrogens (tertiary/aromatic N) is 1. The second-order valence-electron chi connectivity index (χ2n) is 5.37. The van der Waals surface area contributed by atoms with Crippen LogP contribution in [0.2, 0.25) is 0 Å². The summed E-state index contributed by atoms with van der Waals surface area (Å²) in [5.74, 6) is -0.663. The first kappa shape index (κ1) is 11.9. The SMILES string of the molecule is CC1OCCC1N1CCCC(C)(C(=O)O)C1. The Bertz CT molecular complexity index is 281. The van der Waals surface area contributed by atoms with Crippen molar-refractivity contribution in [3.63, 3.8) is 0 Å². The second kappa shape index (κ2) is 4.34. The molecule has 3 atom stereocenters. The molecule has 2 saturated heterocycles. The molecular weight excluding hydrogens is 206 g/mol. The number of hydrogen-bond acceptors (Lipinski definition) is 3. The van der Waals surface area contributed by atoms with Gasteiger partial charge >= 0.3 is 5.97 Å². The first-order valence-corrected chi connectivity index (χ1v) is 6.12. The van der Waals surface area contributed by atoms with E-state index in [0.717, 1.165) is 32.4 Å². The van der Waals surface area contributed by atoms with Crippen LogP contribution in [-0.4, -0.2) is 47.8 Å². The minimum atomic E-state index is -0.663. The van der Waals surface area contributed by atoms with Gasteiger partial charge in [-0.2, -0.15) is 0 Å². The lowest BCUT2D eigenvalue weighted by Crippen LogP contribution is -2.51. The molecule has 4 nitrogen and oxygen atoms in total. The third-order valence-electron chi connectivity index (χ3n) is 4.05. The van der Waals surface area contributed by atoms with E-state index in [9.17, 15) is 9.90 Å². The first-order valence-electron chi connectivity index (χ1n) is 6.12. The van der Waals surface area contributed by atoms with E-state index in [1.165, 1.54) is 0 Å². The molecule has 0 aromatic rings. The normalized spacial score (nSPS) is 41.1. The van der Waals surface area contributed by atoms with E-state index in [1.54, 1.807) is 0 Å². The number of ether oxygens (including phenoxy) is 1. The van der Waals surface area contributed by atoms with Crippen LogP contribution in [0.3, 0.4) is 0 Å². The highest BCUT2D eigenvalue weighted by Crippen LogP contribution is 2.33. The largest absolute Gasteiger partial charge is 0.481 e. The number of likely N-dealkylation sites (tertiary alicyclic amines) is 1. The summed E-state index contributed by atoms with van der Waals surface area (Å²) in [6.45, 7) is 6.44. The molecule has 16 heavy (non-hydrogen) atoms. The van der Waals surface area contributed by atoms with Crippen molar-refractivity contribution < 1.29 is 14.6 Å². The summed E-state index contributed by atoms with van der Waals surface area (Å²) in [4.78, 5) is 13.6. The van der Waals surface area contributed by atoms with Gasteiger partial charge in [-0.15, -0.1) is 0 Å². The maximum Gasteiger partial charge on any atom is 0.310 e. The Balaban J connectivity index is 2.04. The van der Waals surface area contributed by atoms with E-state index in [2.05, 4.69) is 11.8 Å². The van der Waals surface area contributed by atoms with E-state index < -0.39 is 11.4 Å². The number of hydrogen-bond donors (Lipinski definition) is 1. The topological polar surface area (TPSA) is 49.8 Å². The number of rotatable bonds is 2. The van der Waals surface area contributed by atoms with Crippen molar-refractivity contribution in [2.75, 3.05) is 19.7 Å². The fourth-order valence-electron chi connectivity index (χ4n) is 2.94. The van der Waals surface area contributed by atoms with Gasteiger partial charge in [0.05, 0.1) is 11.5 Å². The molecule has 0 amide bonds. The quantitative estimate of drug-likeness (QED) is 0.773. The van der Waals surface area contributed by atoms with Crippen molar-refractivity contribution in [3.8, 4) is 0 Å². The van der Waals surface area contributed by atoms with Gasteiger partial charge in [0, 0.05) is 19.2 Å². The van der Waals surface area contributed by atoms with E-state index in [4.69, 9.17) is 4.74 Å². The van der Waals surface area contributed by atoms with Crippen molar-refractivity contribution in [2.24, 2.45) is 5.41 Å². The number of carboxylic acids is 1. The number of aliphatic carboxylic acids is 1. The molecule has 0 bridgehead atoms. The van der Waals surface area contributed by atoms with Gasteiger partial charge in [-0.3, -0.25) is 9.69 Å². The first-order chi connectivity index (χ1) is 7.53. The standard InChI is InChI=1S/C12H21NO3/c1-9-10(4-7-16-9)13-6-3-5-12(2,8-13)11(14)15/h9-10H,3-8H2,1-2H3,(H,14,15). The lowest BCUT2D eigenvalue weighted by Gasteiger charge is -2.41. The van der Waals surface area contributed by atoms with Crippen LogP contribution in [0.1, 0.15) is 33.1 Å². The van der Waals surface area contributed by atoms with Gasteiger partial charge in [-0.05, 0) is 39.7 Å².